The Kier molecular flexibility index (Phi) is 3.01. The summed E-state index contributed by atoms with van der Waals surface area (Å²) < 4.78 is 5.70. The number of benzene rings is 1. The van der Waals surface area contributed by atoms with E-state index in [1.165, 1.54) is 6.33 Å². The van der Waals surface area contributed by atoms with Crippen LogP contribution in [0.2, 0.25) is 5.15 Å². The molecule has 3 rings (SSSR count). The topological polar surface area (TPSA) is 47.9 Å². The van der Waals surface area contributed by atoms with Gasteiger partial charge in [0.15, 0.2) is 0 Å². The van der Waals surface area contributed by atoms with Gasteiger partial charge in [-0.1, -0.05) is 29.8 Å². The van der Waals surface area contributed by atoms with Gasteiger partial charge in [0.05, 0.1) is 11.7 Å². The number of halogens is 1. The number of para-hydroxylation sites is 1. The minimum absolute atomic E-state index is 0.388. The van der Waals surface area contributed by atoms with Crippen LogP contribution in [0, 0.1) is 6.92 Å². The number of fused-ring (bicyclic) bond motifs is 1. The van der Waals surface area contributed by atoms with Crippen LogP contribution in [0.25, 0.3) is 10.9 Å². The summed E-state index contributed by atoms with van der Waals surface area (Å²) in [6.45, 7) is 1.81. The standard InChI is InChI=1S/C14H10ClN3O/c1-9-13(15)17-8-18-14(9)19-11-6-10-4-2-3-5-12(10)16-7-11/h2-8H,1H3. The van der Waals surface area contributed by atoms with E-state index in [1.54, 1.807) is 6.20 Å². The van der Waals surface area contributed by atoms with Crippen molar-refractivity contribution in [2.75, 3.05) is 0 Å². The number of hydrogen-bond donors (Lipinski definition) is 0. The molecule has 0 saturated carbocycles. The molecule has 0 amide bonds. The smallest absolute Gasteiger partial charge is 0.226 e. The van der Waals surface area contributed by atoms with E-state index in [1.807, 2.05) is 37.3 Å². The summed E-state index contributed by atoms with van der Waals surface area (Å²) in [6, 6.07) is 9.75. The summed E-state index contributed by atoms with van der Waals surface area (Å²) in [4.78, 5) is 12.3. The molecule has 0 fully saturated rings. The van der Waals surface area contributed by atoms with E-state index in [-0.39, 0.29) is 0 Å². The Morgan fingerprint density at radius 2 is 1.95 bits per heavy atom. The second kappa shape index (κ2) is 4.82. The lowest BCUT2D eigenvalue weighted by atomic mass is 10.2. The van der Waals surface area contributed by atoms with Gasteiger partial charge in [-0.25, -0.2) is 9.97 Å². The number of aromatic nitrogens is 3. The second-order valence-corrected chi connectivity index (χ2v) is 4.42. The van der Waals surface area contributed by atoms with Crippen LogP contribution in [0.4, 0.5) is 0 Å². The molecule has 0 aliphatic rings. The summed E-state index contributed by atoms with van der Waals surface area (Å²) in [6.07, 6.45) is 3.04. The first-order valence-corrected chi connectivity index (χ1v) is 6.11. The average molecular weight is 272 g/mol. The van der Waals surface area contributed by atoms with Crippen LogP contribution in [-0.2, 0) is 0 Å². The Hall–Kier alpha value is -2.20. The molecule has 4 nitrogen and oxygen atoms in total. The highest BCUT2D eigenvalue weighted by atomic mass is 35.5. The zero-order chi connectivity index (χ0) is 13.2. The van der Waals surface area contributed by atoms with Crippen molar-refractivity contribution in [3.8, 4) is 11.6 Å². The van der Waals surface area contributed by atoms with Gasteiger partial charge in [-0.15, -0.1) is 0 Å². The molecule has 0 saturated heterocycles. The van der Waals surface area contributed by atoms with E-state index < -0.39 is 0 Å². The molecule has 0 unspecified atom stereocenters. The maximum Gasteiger partial charge on any atom is 0.226 e. The van der Waals surface area contributed by atoms with Crippen LogP contribution >= 0.6 is 11.6 Å². The van der Waals surface area contributed by atoms with Gasteiger partial charge < -0.3 is 4.74 Å². The molecule has 0 bridgehead atoms. The highest BCUT2D eigenvalue weighted by Crippen LogP contribution is 2.27. The van der Waals surface area contributed by atoms with Gasteiger partial charge in [-0.2, -0.15) is 0 Å². The fourth-order valence-electron chi connectivity index (χ4n) is 1.74. The fourth-order valence-corrected chi connectivity index (χ4v) is 1.86. The van der Waals surface area contributed by atoms with Crippen molar-refractivity contribution in [1.82, 2.24) is 15.0 Å². The Morgan fingerprint density at radius 3 is 2.84 bits per heavy atom. The van der Waals surface area contributed by atoms with E-state index in [9.17, 15) is 0 Å². The molecule has 2 heterocycles. The third-order valence-corrected chi connectivity index (χ3v) is 3.14. The van der Waals surface area contributed by atoms with Gasteiger partial charge >= 0.3 is 0 Å². The first kappa shape index (κ1) is 11.9. The molecule has 19 heavy (non-hydrogen) atoms. The van der Waals surface area contributed by atoms with Crippen molar-refractivity contribution >= 4 is 22.5 Å². The summed E-state index contributed by atoms with van der Waals surface area (Å²) in [5.74, 6) is 1.06. The van der Waals surface area contributed by atoms with Crippen LogP contribution in [0.15, 0.2) is 42.9 Å². The number of nitrogens with zero attached hydrogens (tertiary/aromatic N) is 3. The van der Waals surface area contributed by atoms with Crippen molar-refractivity contribution < 1.29 is 4.74 Å². The Balaban J connectivity index is 1.99. The molecular formula is C14H10ClN3O. The van der Waals surface area contributed by atoms with Crippen molar-refractivity contribution in [3.05, 3.63) is 53.6 Å². The van der Waals surface area contributed by atoms with E-state index in [2.05, 4.69) is 15.0 Å². The maximum absolute atomic E-state index is 5.93. The lowest BCUT2D eigenvalue weighted by Gasteiger charge is -2.08. The SMILES string of the molecule is Cc1c(Cl)ncnc1Oc1cnc2ccccc2c1. The summed E-state index contributed by atoms with van der Waals surface area (Å²) in [5.41, 5.74) is 1.63. The summed E-state index contributed by atoms with van der Waals surface area (Å²) >= 11 is 5.93. The first-order chi connectivity index (χ1) is 9.24. The van der Waals surface area contributed by atoms with Gasteiger partial charge in [0.1, 0.15) is 17.2 Å². The van der Waals surface area contributed by atoms with E-state index in [4.69, 9.17) is 16.3 Å². The van der Waals surface area contributed by atoms with Gasteiger partial charge in [0.2, 0.25) is 5.88 Å². The molecule has 5 heteroatoms. The lowest BCUT2D eigenvalue weighted by molar-refractivity contribution is 0.456. The molecule has 0 atom stereocenters. The molecule has 3 aromatic rings. The van der Waals surface area contributed by atoms with Gasteiger partial charge in [0, 0.05) is 10.9 Å². The summed E-state index contributed by atoms with van der Waals surface area (Å²) in [5, 5.41) is 1.40. The predicted molar refractivity (Wildman–Crippen MR) is 73.6 cm³/mol. The third kappa shape index (κ3) is 2.35. The number of pyridine rings is 1. The first-order valence-electron chi connectivity index (χ1n) is 5.74. The molecule has 0 N–H and O–H groups in total. The van der Waals surface area contributed by atoms with Crippen LogP contribution in [0.3, 0.4) is 0 Å². The van der Waals surface area contributed by atoms with E-state index >= 15 is 0 Å². The van der Waals surface area contributed by atoms with E-state index in [0.29, 0.717) is 22.3 Å². The number of ether oxygens (including phenoxy) is 1. The monoisotopic (exact) mass is 271 g/mol. The molecule has 0 aliphatic carbocycles. The molecule has 94 valence electrons. The Bertz CT molecular complexity index is 746. The van der Waals surface area contributed by atoms with Crippen LogP contribution in [0.1, 0.15) is 5.56 Å². The van der Waals surface area contributed by atoms with Gasteiger partial charge in [-0.05, 0) is 19.1 Å². The minimum atomic E-state index is 0.388. The third-order valence-electron chi connectivity index (χ3n) is 2.76. The maximum atomic E-state index is 5.93. The molecular weight excluding hydrogens is 262 g/mol. The second-order valence-electron chi connectivity index (χ2n) is 4.06. The van der Waals surface area contributed by atoms with Crippen LogP contribution in [0.5, 0.6) is 11.6 Å². The predicted octanol–water partition coefficient (Wildman–Crippen LogP) is 3.78. The van der Waals surface area contributed by atoms with Gasteiger partial charge in [0.25, 0.3) is 0 Å². The highest BCUT2D eigenvalue weighted by Gasteiger charge is 2.08. The number of hydrogen-bond acceptors (Lipinski definition) is 4. The van der Waals surface area contributed by atoms with Crippen molar-refractivity contribution in [3.63, 3.8) is 0 Å². The van der Waals surface area contributed by atoms with E-state index in [0.717, 1.165) is 10.9 Å². The molecule has 1 aromatic carbocycles. The quantitative estimate of drug-likeness (QED) is 0.666. The fraction of sp³-hybridized carbons (Fsp3) is 0.0714. The summed E-state index contributed by atoms with van der Waals surface area (Å²) in [7, 11) is 0. The van der Waals surface area contributed by atoms with Crippen LogP contribution in [-0.4, -0.2) is 15.0 Å². The minimum Gasteiger partial charge on any atom is -0.437 e. The Morgan fingerprint density at radius 1 is 1.11 bits per heavy atom. The average Bonchev–Trinajstić information content (AvgIpc) is 2.44. The van der Waals surface area contributed by atoms with Crippen molar-refractivity contribution in [2.24, 2.45) is 0 Å². The largest absolute Gasteiger partial charge is 0.437 e. The van der Waals surface area contributed by atoms with Crippen molar-refractivity contribution in [2.45, 2.75) is 6.92 Å². The van der Waals surface area contributed by atoms with Gasteiger partial charge in [-0.3, -0.25) is 4.98 Å². The molecule has 0 radical (unpaired) electrons. The Labute approximate surface area is 115 Å². The molecule has 0 aliphatic heterocycles. The molecule has 2 aromatic heterocycles. The highest BCUT2D eigenvalue weighted by molar-refractivity contribution is 6.30. The molecule has 0 spiro atoms. The van der Waals surface area contributed by atoms with Crippen molar-refractivity contribution in [1.29, 1.82) is 0 Å². The normalized spacial score (nSPS) is 10.6. The van der Waals surface area contributed by atoms with Crippen LogP contribution < -0.4 is 4.74 Å². The zero-order valence-electron chi connectivity index (χ0n) is 10.2. The number of rotatable bonds is 2. The lowest BCUT2D eigenvalue weighted by Crippen LogP contribution is -1.94. The zero-order valence-corrected chi connectivity index (χ0v) is 10.9.